The summed E-state index contributed by atoms with van der Waals surface area (Å²) < 4.78 is 17.8. The SMILES string of the molecule is CC(=O)c1nccc(COc2ccc(C(C)(C)c3ccc(OCCCCCCCCOCCCCNc4ccc5c(c4)C(=O)N(C4CCC(=O)NC4=O)C5=O)cc3)cc2)n1. The third kappa shape index (κ3) is 11.4. The number of rotatable bonds is 23. The molecule has 13 heteroatoms. The maximum atomic E-state index is 13.0. The molecule has 2 N–H and O–H groups in total. The summed E-state index contributed by atoms with van der Waals surface area (Å²) in [5, 5.41) is 5.53. The summed E-state index contributed by atoms with van der Waals surface area (Å²) in [6, 6.07) is 22.2. The lowest BCUT2D eigenvalue weighted by atomic mass is 9.78. The minimum absolute atomic E-state index is 0.0916. The Morgan fingerprint density at radius 1 is 0.767 bits per heavy atom. The molecular formula is C47H55N5O8. The summed E-state index contributed by atoms with van der Waals surface area (Å²) >= 11 is 0. The number of carbonyl (C=O) groups excluding carboxylic acids is 5. The van der Waals surface area contributed by atoms with Gasteiger partial charge in [-0.05, 0) is 91.8 Å². The maximum Gasteiger partial charge on any atom is 0.262 e. The number of ketones is 1. The number of amides is 4. The molecule has 1 saturated heterocycles. The number of benzene rings is 3. The van der Waals surface area contributed by atoms with Gasteiger partial charge < -0.3 is 19.5 Å². The quantitative estimate of drug-likeness (QED) is 0.0430. The van der Waals surface area contributed by atoms with Crippen LogP contribution >= 0.6 is 0 Å². The summed E-state index contributed by atoms with van der Waals surface area (Å²) in [4.78, 5) is 70.5. The lowest BCUT2D eigenvalue weighted by Gasteiger charge is -2.27. The molecule has 0 saturated carbocycles. The molecule has 1 fully saturated rings. The fourth-order valence-corrected chi connectivity index (χ4v) is 7.35. The van der Waals surface area contributed by atoms with Gasteiger partial charge in [-0.3, -0.25) is 34.2 Å². The molecule has 0 bridgehead atoms. The van der Waals surface area contributed by atoms with Crippen LogP contribution in [0.1, 0.15) is 133 Å². The van der Waals surface area contributed by atoms with Gasteiger partial charge in [0, 0.05) is 50.4 Å². The molecule has 4 aromatic rings. The van der Waals surface area contributed by atoms with E-state index < -0.39 is 29.7 Å². The molecule has 13 nitrogen and oxygen atoms in total. The van der Waals surface area contributed by atoms with Gasteiger partial charge in [0.2, 0.25) is 11.8 Å². The van der Waals surface area contributed by atoms with Crippen LogP contribution in [0.2, 0.25) is 0 Å². The van der Waals surface area contributed by atoms with Crippen LogP contribution in [-0.4, -0.2) is 76.7 Å². The average molecular weight is 818 g/mol. The third-order valence-electron chi connectivity index (χ3n) is 11.0. The van der Waals surface area contributed by atoms with Gasteiger partial charge >= 0.3 is 0 Å². The Balaban J connectivity index is 0.772. The van der Waals surface area contributed by atoms with Crippen LogP contribution in [0.3, 0.4) is 0 Å². The van der Waals surface area contributed by atoms with E-state index in [1.807, 2.05) is 24.3 Å². The van der Waals surface area contributed by atoms with E-state index in [4.69, 9.17) is 14.2 Å². The Labute approximate surface area is 351 Å². The zero-order valence-electron chi connectivity index (χ0n) is 34.8. The Kier molecular flexibility index (Phi) is 15.2. The number of Topliss-reactive ketones (excluding diaryl/α,β-unsaturated/α-hetero) is 1. The number of hydrogen-bond donors (Lipinski definition) is 2. The lowest BCUT2D eigenvalue weighted by molar-refractivity contribution is -0.136. The number of aromatic nitrogens is 2. The molecular weight excluding hydrogens is 763 g/mol. The van der Waals surface area contributed by atoms with E-state index in [2.05, 4.69) is 58.7 Å². The number of nitrogens with one attached hydrogen (secondary N) is 2. The predicted molar refractivity (Wildman–Crippen MR) is 226 cm³/mol. The third-order valence-corrected chi connectivity index (χ3v) is 11.0. The Hall–Kier alpha value is -5.95. The minimum atomic E-state index is -0.969. The first-order valence-corrected chi connectivity index (χ1v) is 21.0. The van der Waals surface area contributed by atoms with Crippen molar-refractivity contribution in [2.24, 2.45) is 0 Å². The summed E-state index contributed by atoms with van der Waals surface area (Å²) in [6.07, 6.45) is 10.3. The molecule has 0 radical (unpaired) electrons. The number of carbonyl (C=O) groups is 5. The predicted octanol–water partition coefficient (Wildman–Crippen LogP) is 7.61. The number of imide groups is 2. The van der Waals surface area contributed by atoms with Gasteiger partial charge in [0.05, 0.1) is 23.4 Å². The van der Waals surface area contributed by atoms with Crippen LogP contribution in [0.5, 0.6) is 11.5 Å². The summed E-state index contributed by atoms with van der Waals surface area (Å²) in [7, 11) is 0. The molecule has 3 heterocycles. The molecule has 3 aromatic carbocycles. The highest BCUT2D eigenvalue weighted by molar-refractivity contribution is 6.23. The minimum Gasteiger partial charge on any atom is -0.494 e. The molecule has 0 spiro atoms. The zero-order chi connectivity index (χ0) is 42.5. The second-order valence-electron chi connectivity index (χ2n) is 15.8. The van der Waals surface area contributed by atoms with E-state index in [9.17, 15) is 24.0 Å². The van der Waals surface area contributed by atoms with Crippen LogP contribution in [0.15, 0.2) is 79.0 Å². The maximum absolute atomic E-state index is 13.0. The molecule has 60 heavy (non-hydrogen) atoms. The Morgan fingerprint density at radius 2 is 1.38 bits per heavy atom. The van der Waals surface area contributed by atoms with Crippen molar-refractivity contribution >= 4 is 35.1 Å². The standard InChI is InChI=1S/C47H55N5O8/c1-32(53)43-49-26-24-36(50-43)31-60-38-19-14-34(15-20-38)47(2,3)33-12-17-37(18-13-33)59-29-10-7-5-4-6-9-27-58-28-11-8-25-48-35-16-21-39-40(30-35)46(57)52(45(39)56)41-22-23-42(54)51-44(41)55/h12-21,24,26,30,41,48H,4-11,22-23,25,27-29,31H2,1-3H3,(H,51,54,55). The number of hydrogen-bond acceptors (Lipinski definition) is 11. The first kappa shape index (κ1) is 43.6. The molecule has 1 unspecified atom stereocenters. The van der Waals surface area contributed by atoms with Crippen LogP contribution in [-0.2, 0) is 26.3 Å². The topological polar surface area (TPSA) is 166 Å². The van der Waals surface area contributed by atoms with E-state index in [1.165, 1.54) is 30.9 Å². The second kappa shape index (κ2) is 20.8. The van der Waals surface area contributed by atoms with Crippen molar-refractivity contribution in [3.63, 3.8) is 0 Å². The van der Waals surface area contributed by atoms with Crippen molar-refractivity contribution in [1.82, 2.24) is 20.2 Å². The summed E-state index contributed by atoms with van der Waals surface area (Å²) in [5.41, 5.74) is 4.07. The number of nitrogens with zero attached hydrogens (tertiary/aromatic N) is 3. The molecule has 316 valence electrons. The highest BCUT2D eigenvalue weighted by Gasteiger charge is 2.44. The van der Waals surface area contributed by atoms with Crippen molar-refractivity contribution in [3.8, 4) is 11.5 Å². The van der Waals surface area contributed by atoms with Gasteiger partial charge in [0.1, 0.15) is 24.1 Å². The largest absolute Gasteiger partial charge is 0.494 e. The molecule has 4 amide bonds. The van der Waals surface area contributed by atoms with Crippen molar-refractivity contribution in [3.05, 3.63) is 113 Å². The number of unbranched alkanes of at least 4 members (excludes halogenated alkanes) is 6. The number of anilines is 1. The average Bonchev–Trinajstić information content (AvgIpc) is 3.49. The number of fused-ring (bicyclic) bond motifs is 1. The number of ether oxygens (including phenoxy) is 3. The first-order valence-electron chi connectivity index (χ1n) is 21.0. The number of piperidine rings is 1. The zero-order valence-corrected chi connectivity index (χ0v) is 34.8. The molecule has 2 aliphatic rings. The normalized spacial score (nSPS) is 15.2. The summed E-state index contributed by atoms with van der Waals surface area (Å²) in [5.74, 6) is -0.403. The van der Waals surface area contributed by atoms with Crippen LogP contribution in [0.25, 0.3) is 0 Å². The van der Waals surface area contributed by atoms with Gasteiger partial charge in [-0.25, -0.2) is 9.97 Å². The fourth-order valence-electron chi connectivity index (χ4n) is 7.35. The van der Waals surface area contributed by atoms with E-state index in [1.54, 1.807) is 30.5 Å². The van der Waals surface area contributed by atoms with Gasteiger partial charge in [-0.2, -0.15) is 0 Å². The molecule has 1 atom stereocenters. The molecule has 0 aliphatic carbocycles. The van der Waals surface area contributed by atoms with E-state index in [0.717, 1.165) is 67.2 Å². The second-order valence-corrected chi connectivity index (χ2v) is 15.8. The molecule has 6 rings (SSSR count). The van der Waals surface area contributed by atoms with Crippen LogP contribution in [0, 0.1) is 0 Å². The van der Waals surface area contributed by atoms with E-state index in [0.29, 0.717) is 25.5 Å². The van der Waals surface area contributed by atoms with Gasteiger partial charge in [0.25, 0.3) is 11.8 Å². The Bertz CT molecular complexity index is 2140. The van der Waals surface area contributed by atoms with Crippen molar-refractivity contribution in [2.45, 2.75) is 103 Å². The van der Waals surface area contributed by atoms with Crippen molar-refractivity contribution in [1.29, 1.82) is 0 Å². The van der Waals surface area contributed by atoms with E-state index in [-0.39, 0.29) is 47.6 Å². The van der Waals surface area contributed by atoms with E-state index >= 15 is 0 Å². The highest BCUT2D eigenvalue weighted by atomic mass is 16.5. The van der Waals surface area contributed by atoms with Gasteiger partial charge in [0.15, 0.2) is 11.6 Å². The lowest BCUT2D eigenvalue weighted by Crippen LogP contribution is -2.54. The van der Waals surface area contributed by atoms with Crippen LogP contribution < -0.4 is 20.1 Å². The Morgan fingerprint density at radius 3 is 2.05 bits per heavy atom. The first-order chi connectivity index (χ1) is 29.0. The fraction of sp³-hybridized carbons (Fsp3) is 0.426. The highest BCUT2D eigenvalue weighted by Crippen LogP contribution is 2.34. The molecule has 2 aliphatic heterocycles. The molecule has 1 aromatic heterocycles. The smallest absolute Gasteiger partial charge is 0.262 e. The van der Waals surface area contributed by atoms with Gasteiger partial charge in [-0.15, -0.1) is 0 Å². The van der Waals surface area contributed by atoms with Crippen LogP contribution in [0.4, 0.5) is 5.69 Å². The van der Waals surface area contributed by atoms with Crippen molar-refractivity contribution in [2.75, 3.05) is 31.7 Å². The monoisotopic (exact) mass is 817 g/mol. The summed E-state index contributed by atoms with van der Waals surface area (Å²) in [6.45, 7) is 8.94. The van der Waals surface area contributed by atoms with Gasteiger partial charge in [-0.1, -0.05) is 63.8 Å². The van der Waals surface area contributed by atoms with Crippen molar-refractivity contribution < 1.29 is 38.2 Å².